The van der Waals surface area contributed by atoms with E-state index in [1.807, 2.05) is 35.0 Å². The molecular formula is C21H26N5O2+. The molecule has 1 aliphatic heterocycles. The first-order valence-corrected chi connectivity index (χ1v) is 10.2. The van der Waals surface area contributed by atoms with Gasteiger partial charge in [0, 0.05) is 0 Å². The van der Waals surface area contributed by atoms with Crippen LogP contribution in [0.2, 0.25) is 0 Å². The maximum atomic E-state index is 12.6. The standard InChI is InChI=1S/C21H25N5O2/c1-14(25-12-17(13-25)28-16-9-3-2-4-10-16)19-23-20-18(21(27)24-19)11-22-26(20)15-7-5-6-8-15/h2-4,9-11,14-15,17H,5-8,12-13H2,1H3,(H,23,24,27)/p+1/t14-/m1/s1. The summed E-state index contributed by atoms with van der Waals surface area (Å²) < 4.78 is 7.98. The van der Waals surface area contributed by atoms with Gasteiger partial charge in [0.2, 0.25) is 0 Å². The van der Waals surface area contributed by atoms with Gasteiger partial charge in [-0.1, -0.05) is 31.0 Å². The lowest BCUT2D eigenvalue weighted by molar-refractivity contribution is -0.975. The lowest BCUT2D eigenvalue weighted by Crippen LogP contribution is -3.21. The Labute approximate surface area is 163 Å². The van der Waals surface area contributed by atoms with Crippen LogP contribution in [0.4, 0.5) is 0 Å². The quantitative estimate of drug-likeness (QED) is 0.706. The number of nitrogens with one attached hydrogen (secondary N) is 2. The number of ether oxygens (including phenoxy) is 1. The Morgan fingerprint density at radius 1 is 1.21 bits per heavy atom. The van der Waals surface area contributed by atoms with E-state index in [1.54, 1.807) is 6.20 Å². The van der Waals surface area contributed by atoms with Crippen LogP contribution in [-0.4, -0.2) is 38.9 Å². The van der Waals surface area contributed by atoms with Crippen LogP contribution >= 0.6 is 0 Å². The number of quaternary nitrogens is 1. The molecule has 5 rings (SSSR count). The van der Waals surface area contributed by atoms with E-state index in [-0.39, 0.29) is 17.7 Å². The van der Waals surface area contributed by atoms with Gasteiger partial charge in [0.15, 0.2) is 17.6 Å². The first-order chi connectivity index (χ1) is 13.7. The van der Waals surface area contributed by atoms with Gasteiger partial charge in [-0.15, -0.1) is 0 Å². The number of rotatable bonds is 5. The van der Waals surface area contributed by atoms with Gasteiger partial charge >= 0.3 is 0 Å². The highest BCUT2D eigenvalue weighted by molar-refractivity contribution is 5.73. The maximum Gasteiger partial charge on any atom is 0.262 e. The molecule has 0 unspecified atom stereocenters. The second kappa shape index (κ2) is 7.05. The Morgan fingerprint density at radius 3 is 2.71 bits per heavy atom. The molecule has 1 saturated heterocycles. The third-order valence-corrected chi connectivity index (χ3v) is 6.20. The number of nitrogens with zero attached hydrogens (tertiary/aromatic N) is 3. The topological polar surface area (TPSA) is 77.2 Å². The van der Waals surface area contributed by atoms with Crippen LogP contribution in [0.15, 0.2) is 41.3 Å². The number of likely N-dealkylation sites (tertiary alicyclic amines) is 1. The Morgan fingerprint density at radius 2 is 1.96 bits per heavy atom. The summed E-state index contributed by atoms with van der Waals surface area (Å²) in [5.74, 6) is 1.65. The third-order valence-electron chi connectivity index (χ3n) is 6.20. The monoisotopic (exact) mass is 380 g/mol. The fourth-order valence-electron chi connectivity index (χ4n) is 4.42. The lowest BCUT2D eigenvalue weighted by atomic mass is 10.1. The van der Waals surface area contributed by atoms with Gasteiger partial charge in [0.25, 0.3) is 5.56 Å². The van der Waals surface area contributed by atoms with Crippen molar-refractivity contribution in [3.05, 3.63) is 52.7 Å². The van der Waals surface area contributed by atoms with Gasteiger partial charge < -0.3 is 14.6 Å². The second-order valence-corrected chi connectivity index (χ2v) is 8.06. The van der Waals surface area contributed by atoms with Crippen molar-refractivity contribution in [1.82, 2.24) is 19.7 Å². The lowest BCUT2D eigenvalue weighted by Gasteiger charge is -2.38. The van der Waals surface area contributed by atoms with Crippen LogP contribution in [0.5, 0.6) is 5.75 Å². The van der Waals surface area contributed by atoms with Crippen molar-refractivity contribution in [3.8, 4) is 5.75 Å². The molecule has 0 radical (unpaired) electrons. The molecule has 3 heterocycles. The minimum Gasteiger partial charge on any atom is -0.479 e. The number of para-hydroxylation sites is 1. The summed E-state index contributed by atoms with van der Waals surface area (Å²) >= 11 is 0. The van der Waals surface area contributed by atoms with Crippen LogP contribution in [-0.2, 0) is 0 Å². The average Bonchev–Trinajstić information content (AvgIpc) is 3.34. The van der Waals surface area contributed by atoms with Crippen molar-refractivity contribution in [2.24, 2.45) is 0 Å². The molecule has 7 heteroatoms. The minimum atomic E-state index is -0.0897. The van der Waals surface area contributed by atoms with Crippen LogP contribution in [0.3, 0.4) is 0 Å². The van der Waals surface area contributed by atoms with E-state index in [9.17, 15) is 4.79 Å². The molecule has 0 spiro atoms. The maximum absolute atomic E-state index is 12.6. The normalized spacial score (nSPS) is 23.6. The summed E-state index contributed by atoms with van der Waals surface area (Å²) in [5.41, 5.74) is 0.641. The second-order valence-electron chi connectivity index (χ2n) is 8.06. The Kier molecular flexibility index (Phi) is 4.39. The van der Waals surface area contributed by atoms with Crippen molar-refractivity contribution in [3.63, 3.8) is 0 Å². The summed E-state index contributed by atoms with van der Waals surface area (Å²) in [7, 11) is 0. The van der Waals surface area contributed by atoms with E-state index in [1.165, 1.54) is 17.7 Å². The first kappa shape index (κ1) is 17.4. The van der Waals surface area contributed by atoms with Gasteiger partial charge in [-0.05, 0) is 31.9 Å². The molecule has 1 atom stereocenters. The Bertz CT molecular complexity index is 1020. The van der Waals surface area contributed by atoms with E-state index in [2.05, 4.69) is 17.0 Å². The highest BCUT2D eigenvalue weighted by Crippen LogP contribution is 2.30. The van der Waals surface area contributed by atoms with E-state index in [4.69, 9.17) is 9.72 Å². The molecule has 2 aliphatic rings. The van der Waals surface area contributed by atoms with Crippen molar-refractivity contribution in [2.45, 2.75) is 50.8 Å². The largest absolute Gasteiger partial charge is 0.479 e. The molecule has 146 valence electrons. The van der Waals surface area contributed by atoms with Crippen molar-refractivity contribution >= 4 is 11.0 Å². The zero-order chi connectivity index (χ0) is 19.1. The molecule has 0 bridgehead atoms. The van der Waals surface area contributed by atoms with Gasteiger partial charge in [0.1, 0.15) is 30.3 Å². The van der Waals surface area contributed by atoms with E-state index >= 15 is 0 Å². The summed E-state index contributed by atoms with van der Waals surface area (Å²) in [6, 6.07) is 10.4. The molecular weight excluding hydrogens is 354 g/mol. The van der Waals surface area contributed by atoms with Crippen molar-refractivity contribution < 1.29 is 9.64 Å². The molecule has 3 aromatic rings. The van der Waals surface area contributed by atoms with Crippen LogP contribution in [0, 0.1) is 0 Å². The predicted octanol–water partition coefficient (Wildman–Crippen LogP) is 1.64. The highest BCUT2D eigenvalue weighted by Gasteiger charge is 2.38. The SMILES string of the molecule is C[C@H](c1nc2c(cnn2C2CCCC2)c(=O)[nH]1)[NH+]1CC(Oc2ccccc2)C1. The Hall–Kier alpha value is -2.67. The van der Waals surface area contributed by atoms with E-state index < -0.39 is 0 Å². The van der Waals surface area contributed by atoms with Gasteiger partial charge in [0.05, 0.1) is 12.2 Å². The molecule has 2 aromatic heterocycles. The van der Waals surface area contributed by atoms with E-state index in [0.29, 0.717) is 11.4 Å². The van der Waals surface area contributed by atoms with Crippen LogP contribution in [0.1, 0.15) is 50.5 Å². The highest BCUT2D eigenvalue weighted by atomic mass is 16.5. The smallest absolute Gasteiger partial charge is 0.262 e. The molecule has 1 saturated carbocycles. The molecule has 28 heavy (non-hydrogen) atoms. The number of H-pyrrole nitrogens is 1. The molecule has 1 aliphatic carbocycles. The molecule has 0 amide bonds. The molecule has 2 N–H and O–H groups in total. The predicted molar refractivity (Wildman–Crippen MR) is 106 cm³/mol. The van der Waals surface area contributed by atoms with E-state index in [0.717, 1.165) is 43.2 Å². The number of fused-ring (bicyclic) bond motifs is 1. The fraction of sp³-hybridized carbons (Fsp3) is 0.476. The van der Waals surface area contributed by atoms with Gasteiger partial charge in [-0.25, -0.2) is 9.67 Å². The van der Waals surface area contributed by atoms with Gasteiger partial charge in [-0.3, -0.25) is 4.79 Å². The molecule has 7 nitrogen and oxygen atoms in total. The van der Waals surface area contributed by atoms with Crippen molar-refractivity contribution in [2.75, 3.05) is 13.1 Å². The molecule has 1 aromatic carbocycles. The number of hydrogen-bond donors (Lipinski definition) is 2. The summed E-state index contributed by atoms with van der Waals surface area (Å²) in [6.45, 7) is 3.92. The summed E-state index contributed by atoms with van der Waals surface area (Å²) in [5, 5.41) is 5.07. The minimum absolute atomic E-state index is 0.0897. The van der Waals surface area contributed by atoms with Crippen molar-refractivity contribution in [1.29, 1.82) is 0 Å². The number of benzene rings is 1. The fourth-order valence-corrected chi connectivity index (χ4v) is 4.42. The van der Waals surface area contributed by atoms with Gasteiger partial charge in [-0.2, -0.15) is 5.10 Å². The zero-order valence-corrected chi connectivity index (χ0v) is 16.1. The molecule has 2 fully saturated rings. The third kappa shape index (κ3) is 3.09. The number of aromatic nitrogens is 4. The first-order valence-electron chi connectivity index (χ1n) is 10.2. The Balaban J connectivity index is 1.33. The zero-order valence-electron chi connectivity index (χ0n) is 16.1. The summed E-state index contributed by atoms with van der Waals surface area (Å²) in [6.07, 6.45) is 6.55. The summed E-state index contributed by atoms with van der Waals surface area (Å²) in [4.78, 5) is 21.8. The van der Waals surface area contributed by atoms with Crippen LogP contribution in [0.25, 0.3) is 11.0 Å². The average molecular weight is 380 g/mol. The number of aromatic amines is 1. The number of hydrogen-bond acceptors (Lipinski definition) is 4. The van der Waals surface area contributed by atoms with Crippen LogP contribution < -0.4 is 15.2 Å².